The quantitative estimate of drug-likeness (QED) is 0.621. The van der Waals surface area contributed by atoms with Crippen LogP contribution in [0.25, 0.3) is 0 Å². The van der Waals surface area contributed by atoms with E-state index in [1.165, 1.54) is 47.9 Å². The molecule has 3 N–H and O–H groups in total. The van der Waals surface area contributed by atoms with Gasteiger partial charge in [0.05, 0.1) is 0 Å². The number of hydrogen-bond donors (Lipinski definition) is 2. The zero-order valence-corrected chi connectivity index (χ0v) is 13.9. The molecule has 2 nitrogen and oxygen atoms in total. The Balaban J connectivity index is 1.95. The van der Waals surface area contributed by atoms with Crippen LogP contribution in [0.1, 0.15) is 47.9 Å². The molecule has 1 saturated carbocycles. The van der Waals surface area contributed by atoms with E-state index in [9.17, 15) is 0 Å². The third kappa shape index (κ3) is 4.24. The van der Waals surface area contributed by atoms with Crippen LogP contribution in [-0.2, 0) is 6.42 Å². The molecule has 3 heteroatoms. The van der Waals surface area contributed by atoms with Crippen LogP contribution in [0.15, 0.2) is 12.1 Å². The van der Waals surface area contributed by atoms with Gasteiger partial charge >= 0.3 is 0 Å². The first-order valence-electron chi connectivity index (χ1n) is 7.74. The van der Waals surface area contributed by atoms with Crippen LogP contribution >= 0.6 is 11.8 Å². The summed E-state index contributed by atoms with van der Waals surface area (Å²) >= 11 is 2.11. The summed E-state index contributed by atoms with van der Waals surface area (Å²) in [6.45, 7) is 6.60. The molecule has 0 aliphatic heterocycles. The first-order valence-corrected chi connectivity index (χ1v) is 8.79. The van der Waals surface area contributed by atoms with E-state index in [1.807, 2.05) is 0 Å². The second-order valence-electron chi connectivity index (χ2n) is 6.18. The largest absolute Gasteiger partial charge is 0.271 e. The van der Waals surface area contributed by atoms with E-state index in [-0.39, 0.29) is 0 Å². The van der Waals surface area contributed by atoms with Crippen molar-refractivity contribution in [1.82, 2.24) is 5.43 Å². The van der Waals surface area contributed by atoms with Crippen molar-refractivity contribution in [2.45, 2.75) is 64.2 Å². The van der Waals surface area contributed by atoms with E-state index in [0.717, 1.165) is 17.4 Å². The lowest BCUT2D eigenvalue weighted by Crippen LogP contribution is -2.39. The highest BCUT2D eigenvalue weighted by Gasteiger charge is 2.18. The molecule has 0 aromatic heterocycles. The summed E-state index contributed by atoms with van der Waals surface area (Å²) in [6, 6.07) is 4.93. The predicted molar refractivity (Wildman–Crippen MR) is 90.2 cm³/mol. The summed E-state index contributed by atoms with van der Waals surface area (Å²) in [5.41, 5.74) is 8.63. The topological polar surface area (TPSA) is 38.0 Å². The molecule has 1 aromatic carbocycles. The SMILES string of the molecule is Cc1cc(C)c(CC(CSC2CCCC2)NN)c(C)c1. The molecule has 0 bridgehead atoms. The Morgan fingerprint density at radius 1 is 1.20 bits per heavy atom. The minimum Gasteiger partial charge on any atom is -0.271 e. The van der Waals surface area contributed by atoms with Crippen LogP contribution in [0.3, 0.4) is 0 Å². The number of nitrogens with one attached hydrogen (secondary N) is 1. The zero-order valence-electron chi connectivity index (χ0n) is 13.0. The minimum absolute atomic E-state index is 0.376. The number of hydrogen-bond acceptors (Lipinski definition) is 3. The van der Waals surface area contributed by atoms with Crippen molar-refractivity contribution in [1.29, 1.82) is 0 Å². The van der Waals surface area contributed by atoms with Gasteiger partial charge in [-0.15, -0.1) is 0 Å². The van der Waals surface area contributed by atoms with E-state index in [4.69, 9.17) is 5.84 Å². The normalized spacial score (nSPS) is 17.6. The second kappa shape index (κ2) is 7.48. The molecule has 0 radical (unpaired) electrons. The molecule has 1 aliphatic rings. The van der Waals surface area contributed by atoms with Crippen LogP contribution in [-0.4, -0.2) is 17.0 Å². The first kappa shape index (κ1) is 15.9. The summed E-state index contributed by atoms with van der Waals surface area (Å²) < 4.78 is 0. The molecule has 1 aliphatic carbocycles. The van der Waals surface area contributed by atoms with E-state index in [1.54, 1.807) is 0 Å². The maximum absolute atomic E-state index is 5.77. The lowest BCUT2D eigenvalue weighted by atomic mass is 9.95. The highest BCUT2D eigenvalue weighted by molar-refractivity contribution is 7.99. The summed E-state index contributed by atoms with van der Waals surface area (Å²) in [5.74, 6) is 6.89. The molecule has 1 aromatic rings. The Morgan fingerprint density at radius 3 is 2.35 bits per heavy atom. The lowest BCUT2D eigenvalue weighted by Gasteiger charge is -2.20. The molecular formula is C17H28N2S. The zero-order chi connectivity index (χ0) is 14.5. The Labute approximate surface area is 127 Å². The van der Waals surface area contributed by atoms with E-state index >= 15 is 0 Å². The van der Waals surface area contributed by atoms with Gasteiger partial charge in [0, 0.05) is 17.0 Å². The van der Waals surface area contributed by atoms with Crippen molar-refractivity contribution in [2.24, 2.45) is 5.84 Å². The average molecular weight is 292 g/mol. The number of rotatable bonds is 6. The molecule has 20 heavy (non-hydrogen) atoms. The van der Waals surface area contributed by atoms with Gasteiger partial charge in [0.1, 0.15) is 0 Å². The van der Waals surface area contributed by atoms with Gasteiger partial charge < -0.3 is 0 Å². The maximum atomic E-state index is 5.77. The molecule has 1 atom stereocenters. The van der Waals surface area contributed by atoms with Gasteiger partial charge in [-0.1, -0.05) is 30.5 Å². The summed E-state index contributed by atoms with van der Waals surface area (Å²) in [7, 11) is 0. The third-order valence-electron chi connectivity index (χ3n) is 4.36. The van der Waals surface area contributed by atoms with E-state index in [0.29, 0.717) is 6.04 Å². The molecule has 0 heterocycles. The van der Waals surface area contributed by atoms with Crippen LogP contribution in [0.2, 0.25) is 0 Å². The molecule has 0 spiro atoms. The predicted octanol–water partition coefficient (Wildman–Crippen LogP) is 3.66. The van der Waals surface area contributed by atoms with Crippen LogP contribution in [0, 0.1) is 20.8 Å². The van der Waals surface area contributed by atoms with E-state index < -0.39 is 0 Å². The molecule has 112 valence electrons. The van der Waals surface area contributed by atoms with Gasteiger partial charge in [-0.3, -0.25) is 11.3 Å². The Bertz CT molecular complexity index is 416. The number of hydrazine groups is 1. The number of benzene rings is 1. The highest BCUT2D eigenvalue weighted by Crippen LogP contribution is 2.30. The molecule has 1 fully saturated rings. The van der Waals surface area contributed by atoms with Crippen LogP contribution in [0.4, 0.5) is 0 Å². The fraction of sp³-hybridized carbons (Fsp3) is 0.647. The first-order chi connectivity index (χ1) is 9.60. The van der Waals surface area contributed by atoms with E-state index in [2.05, 4.69) is 50.1 Å². The number of thioether (sulfide) groups is 1. The maximum Gasteiger partial charge on any atom is 0.0341 e. The molecule has 1 unspecified atom stereocenters. The fourth-order valence-corrected chi connectivity index (χ4v) is 4.64. The Hall–Kier alpha value is -0.510. The van der Waals surface area contributed by atoms with Gasteiger partial charge in [-0.2, -0.15) is 11.8 Å². The summed E-state index contributed by atoms with van der Waals surface area (Å²) in [6.07, 6.45) is 6.65. The van der Waals surface area contributed by atoms with Gasteiger partial charge in [0.2, 0.25) is 0 Å². The van der Waals surface area contributed by atoms with Crippen molar-refractivity contribution in [3.63, 3.8) is 0 Å². The Kier molecular flexibility index (Phi) is 5.94. The summed E-state index contributed by atoms with van der Waals surface area (Å²) in [4.78, 5) is 0. The average Bonchev–Trinajstić information content (AvgIpc) is 2.90. The van der Waals surface area contributed by atoms with Crippen molar-refractivity contribution >= 4 is 11.8 Å². The van der Waals surface area contributed by atoms with Gasteiger partial charge in [-0.05, 0) is 56.7 Å². The van der Waals surface area contributed by atoms with Crippen LogP contribution < -0.4 is 11.3 Å². The summed E-state index contributed by atoms with van der Waals surface area (Å²) in [5, 5.41) is 0.867. The molecule has 0 amide bonds. The van der Waals surface area contributed by atoms with Crippen molar-refractivity contribution in [2.75, 3.05) is 5.75 Å². The smallest absolute Gasteiger partial charge is 0.0341 e. The van der Waals surface area contributed by atoms with Crippen LogP contribution in [0.5, 0.6) is 0 Å². The molecule has 0 saturated heterocycles. The fourth-order valence-electron chi connectivity index (χ4n) is 3.25. The monoisotopic (exact) mass is 292 g/mol. The number of aryl methyl sites for hydroxylation is 3. The van der Waals surface area contributed by atoms with Gasteiger partial charge in [-0.25, -0.2) is 0 Å². The van der Waals surface area contributed by atoms with Gasteiger partial charge in [0.25, 0.3) is 0 Å². The molecular weight excluding hydrogens is 264 g/mol. The highest BCUT2D eigenvalue weighted by atomic mass is 32.2. The lowest BCUT2D eigenvalue weighted by molar-refractivity contribution is 0.572. The third-order valence-corrected chi connectivity index (χ3v) is 5.90. The van der Waals surface area contributed by atoms with Crippen molar-refractivity contribution in [3.8, 4) is 0 Å². The van der Waals surface area contributed by atoms with Crippen molar-refractivity contribution < 1.29 is 0 Å². The Morgan fingerprint density at radius 2 is 1.80 bits per heavy atom. The van der Waals surface area contributed by atoms with Gasteiger partial charge in [0.15, 0.2) is 0 Å². The minimum atomic E-state index is 0.376. The number of nitrogens with two attached hydrogens (primary N) is 1. The van der Waals surface area contributed by atoms with Crippen molar-refractivity contribution in [3.05, 3.63) is 34.4 Å². The second-order valence-corrected chi connectivity index (χ2v) is 7.52. The standard InChI is InChI=1S/C17H28N2S/c1-12-8-13(2)17(14(3)9-12)10-15(19-18)11-20-16-6-4-5-7-16/h8-9,15-16,19H,4-7,10-11,18H2,1-3H3. The molecule has 2 rings (SSSR count).